The first-order chi connectivity index (χ1) is 6.83. The highest BCUT2D eigenvalue weighted by atomic mass is 16.5. The van der Waals surface area contributed by atoms with Gasteiger partial charge in [-0.15, -0.1) is 0 Å². The second-order valence-electron chi connectivity index (χ2n) is 3.18. The van der Waals surface area contributed by atoms with Crippen LogP contribution in [0.2, 0.25) is 0 Å². The van der Waals surface area contributed by atoms with Crippen LogP contribution in [0.25, 0.3) is 0 Å². The van der Waals surface area contributed by atoms with E-state index in [9.17, 15) is 0 Å². The van der Waals surface area contributed by atoms with Crippen LogP contribution in [0.5, 0.6) is 0 Å². The lowest BCUT2D eigenvalue weighted by Crippen LogP contribution is -2.08. The zero-order valence-electron chi connectivity index (χ0n) is 8.90. The van der Waals surface area contributed by atoms with E-state index in [2.05, 4.69) is 5.10 Å². The Balaban J connectivity index is 1.99. The fourth-order valence-electron chi connectivity index (χ4n) is 1.15. The Hall–Kier alpha value is -0.870. The molecule has 1 aromatic heterocycles. The van der Waals surface area contributed by atoms with Gasteiger partial charge in [0.25, 0.3) is 0 Å². The van der Waals surface area contributed by atoms with Crippen molar-refractivity contribution in [2.24, 2.45) is 0 Å². The van der Waals surface area contributed by atoms with Gasteiger partial charge in [-0.2, -0.15) is 5.10 Å². The molecule has 14 heavy (non-hydrogen) atoms. The van der Waals surface area contributed by atoms with Crippen molar-refractivity contribution in [3.05, 3.63) is 18.0 Å². The summed E-state index contributed by atoms with van der Waals surface area (Å²) in [5, 5.41) is 4.26. The van der Waals surface area contributed by atoms with Gasteiger partial charge in [0, 0.05) is 26.5 Å². The minimum absolute atomic E-state index is 0.713. The molecule has 0 aliphatic heterocycles. The molecule has 0 amide bonds. The third-order valence-corrected chi connectivity index (χ3v) is 1.88. The van der Waals surface area contributed by atoms with E-state index in [1.54, 1.807) is 7.11 Å². The van der Waals surface area contributed by atoms with Gasteiger partial charge in [0.15, 0.2) is 0 Å². The maximum absolute atomic E-state index is 5.41. The summed E-state index contributed by atoms with van der Waals surface area (Å²) in [7, 11) is 1.70. The van der Waals surface area contributed by atoms with Gasteiger partial charge in [-0.3, -0.25) is 4.68 Å². The second kappa shape index (κ2) is 6.56. The van der Waals surface area contributed by atoms with E-state index in [-0.39, 0.29) is 0 Å². The zero-order valence-corrected chi connectivity index (χ0v) is 8.90. The summed E-state index contributed by atoms with van der Waals surface area (Å²) in [5.41, 5.74) is 1.05. The standard InChI is InChI=1S/C10H18N2O2/c1-10-4-5-12(11-10)6-9-14-8-3-7-13-2/h4-5H,3,6-9H2,1-2H3. The topological polar surface area (TPSA) is 36.3 Å². The average Bonchev–Trinajstić information content (AvgIpc) is 2.58. The second-order valence-corrected chi connectivity index (χ2v) is 3.18. The van der Waals surface area contributed by atoms with E-state index in [4.69, 9.17) is 9.47 Å². The van der Waals surface area contributed by atoms with E-state index < -0.39 is 0 Å². The van der Waals surface area contributed by atoms with Gasteiger partial charge in [0.05, 0.1) is 18.8 Å². The SMILES string of the molecule is COCCCOCCn1ccc(C)n1. The predicted molar refractivity (Wildman–Crippen MR) is 54.3 cm³/mol. The molecule has 0 N–H and O–H groups in total. The van der Waals surface area contributed by atoms with Crippen LogP contribution in [0.15, 0.2) is 12.3 Å². The van der Waals surface area contributed by atoms with Crippen LogP contribution in [0.3, 0.4) is 0 Å². The molecule has 0 fully saturated rings. The van der Waals surface area contributed by atoms with Crippen LogP contribution in [0.1, 0.15) is 12.1 Å². The average molecular weight is 198 g/mol. The minimum Gasteiger partial charge on any atom is -0.385 e. The van der Waals surface area contributed by atoms with Gasteiger partial charge >= 0.3 is 0 Å². The first kappa shape index (κ1) is 11.2. The third-order valence-electron chi connectivity index (χ3n) is 1.88. The summed E-state index contributed by atoms with van der Waals surface area (Å²) in [6.07, 6.45) is 2.92. The maximum Gasteiger partial charge on any atom is 0.0662 e. The van der Waals surface area contributed by atoms with Crippen LogP contribution in [-0.4, -0.2) is 36.7 Å². The highest BCUT2D eigenvalue weighted by molar-refractivity contribution is 4.94. The van der Waals surface area contributed by atoms with E-state index in [0.29, 0.717) is 6.61 Å². The third kappa shape index (κ3) is 4.39. The number of ether oxygens (including phenoxy) is 2. The van der Waals surface area contributed by atoms with Crippen molar-refractivity contribution in [1.29, 1.82) is 0 Å². The summed E-state index contributed by atoms with van der Waals surface area (Å²) in [4.78, 5) is 0. The van der Waals surface area contributed by atoms with Gasteiger partial charge in [-0.1, -0.05) is 0 Å². The number of aromatic nitrogens is 2. The van der Waals surface area contributed by atoms with Gasteiger partial charge < -0.3 is 9.47 Å². The molecular weight excluding hydrogens is 180 g/mol. The summed E-state index contributed by atoms with van der Waals surface area (Å²) in [6, 6.07) is 1.99. The van der Waals surface area contributed by atoms with Crippen LogP contribution in [0, 0.1) is 6.92 Å². The molecule has 1 aromatic rings. The van der Waals surface area contributed by atoms with Crippen LogP contribution >= 0.6 is 0 Å². The number of hydrogen-bond acceptors (Lipinski definition) is 3. The van der Waals surface area contributed by atoms with Crippen molar-refractivity contribution < 1.29 is 9.47 Å². The Morgan fingerprint density at radius 3 is 2.86 bits per heavy atom. The summed E-state index contributed by atoms with van der Waals surface area (Å²) < 4.78 is 12.2. The Labute approximate surface area is 84.8 Å². The molecule has 0 bridgehead atoms. The number of aryl methyl sites for hydroxylation is 1. The number of nitrogens with zero attached hydrogens (tertiary/aromatic N) is 2. The fraction of sp³-hybridized carbons (Fsp3) is 0.700. The monoisotopic (exact) mass is 198 g/mol. The van der Waals surface area contributed by atoms with Crippen molar-refractivity contribution in [2.45, 2.75) is 19.9 Å². The molecule has 0 radical (unpaired) electrons. The number of rotatable bonds is 7. The molecule has 0 unspecified atom stereocenters. The van der Waals surface area contributed by atoms with Crippen molar-refractivity contribution in [1.82, 2.24) is 9.78 Å². The van der Waals surface area contributed by atoms with Crippen molar-refractivity contribution in [3.63, 3.8) is 0 Å². The highest BCUT2D eigenvalue weighted by Gasteiger charge is 1.93. The Kier molecular flexibility index (Phi) is 5.25. The van der Waals surface area contributed by atoms with Crippen LogP contribution < -0.4 is 0 Å². The number of hydrogen-bond donors (Lipinski definition) is 0. The summed E-state index contributed by atoms with van der Waals surface area (Å²) in [5.74, 6) is 0. The van der Waals surface area contributed by atoms with Gasteiger partial charge in [0.1, 0.15) is 0 Å². The normalized spacial score (nSPS) is 10.7. The summed E-state index contributed by atoms with van der Waals surface area (Å²) in [6.45, 7) is 5.04. The smallest absolute Gasteiger partial charge is 0.0662 e. The largest absolute Gasteiger partial charge is 0.385 e. The zero-order chi connectivity index (χ0) is 10.2. The Morgan fingerprint density at radius 2 is 2.21 bits per heavy atom. The molecule has 80 valence electrons. The molecule has 0 spiro atoms. The molecular formula is C10H18N2O2. The summed E-state index contributed by atoms with van der Waals surface area (Å²) >= 11 is 0. The Morgan fingerprint density at radius 1 is 1.36 bits per heavy atom. The lowest BCUT2D eigenvalue weighted by atomic mass is 10.5. The van der Waals surface area contributed by atoms with Crippen molar-refractivity contribution in [3.8, 4) is 0 Å². The Bertz CT molecular complexity index is 248. The van der Waals surface area contributed by atoms with E-state index in [1.165, 1.54) is 0 Å². The van der Waals surface area contributed by atoms with E-state index >= 15 is 0 Å². The molecule has 0 aliphatic rings. The molecule has 1 heterocycles. The highest BCUT2D eigenvalue weighted by Crippen LogP contribution is 1.92. The van der Waals surface area contributed by atoms with Crippen LogP contribution in [-0.2, 0) is 16.0 Å². The predicted octanol–water partition coefficient (Wildman–Crippen LogP) is 1.24. The lowest BCUT2D eigenvalue weighted by Gasteiger charge is -2.03. The lowest BCUT2D eigenvalue weighted by molar-refractivity contribution is 0.0961. The number of methoxy groups -OCH3 is 1. The molecule has 0 atom stereocenters. The fourth-order valence-corrected chi connectivity index (χ4v) is 1.15. The molecule has 4 heteroatoms. The van der Waals surface area contributed by atoms with Crippen LogP contribution in [0.4, 0.5) is 0 Å². The molecule has 0 aromatic carbocycles. The first-order valence-corrected chi connectivity index (χ1v) is 4.89. The minimum atomic E-state index is 0.713. The van der Waals surface area contributed by atoms with Gasteiger partial charge in [0.2, 0.25) is 0 Å². The maximum atomic E-state index is 5.41. The van der Waals surface area contributed by atoms with Crippen molar-refractivity contribution in [2.75, 3.05) is 26.9 Å². The van der Waals surface area contributed by atoms with Crippen molar-refractivity contribution >= 4 is 0 Å². The van der Waals surface area contributed by atoms with E-state index in [1.807, 2.05) is 23.9 Å². The molecule has 1 rings (SSSR count). The van der Waals surface area contributed by atoms with Gasteiger partial charge in [-0.05, 0) is 19.4 Å². The first-order valence-electron chi connectivity index (χ1n) is 4.89. The molecule has 0 saturated carbocycles. The molecule has 4 nitrogen and oxygen atoms in total. The van der Waals surface area contributed by atoms with E-state index in [0.717, 1.165) is 31.9 Å². The quantitative estimate of drug-likeness (QED) is 0.618. The molecule has 0 aliphatic carbocycles. The van der Waals surface area contributed by atoms with Gasteiger partial charge in [-0.25, -0.2) is 0 Å². The molecule has 0 saturated heterocycles.